The van der Waals surface area contributed by atoms with Crippen molar-refractivity contribution in [2.45, 2.75) is 51.7 Å². The maximum atomic E-state index is 5.73. The van der Waals surface area contributed by atoms with Gasteiger partial charge in [-0.05, 0) is 29.4 Å². The predicted octanol–water partition coefficient (Wildman–Crippen LogP) is 4.20. The summed E-state index contributed by atoms with van der Waals surface area (Å²) in [6, 6.07) is 9.09. The lowest BCUT2D eigenvalue weighted by molar-refractivity contribution is 0.0134. The smallest absolute Gasteiger partial charge is 0.0605 e. The van der Waals surface area contributed by atoms with Crippen molar-refractivity contribution in [1.82, 2.24) is 4.90 Å². The number of ether oxygens (including phenoxy) is 1. The van der Waals surface area contributed by atoms with E-state index in [-0.39, 0.29) is 5.41 Å². The van der Waals surface area contributed by atoms with Crippen molar-refractivity contribution < 1.29 is 4.74 Å². The number of rotatable bonds is 5. The summed E-state index contributed by atoms with van der Waals surface area (Å²) in [5, 5.41) is 0. The van der Waals surface area contributed by atoms with Crippen molar-refractivity contribution in [1.29, 1.82) is 0 Å². The van der Waals surface area contributed by atoms with Gasteiger partial charge in [-0.2, -0.15) is 0 Å². The standard InChI is InChI=1S/C18H28ClNO/c1-18(2,3)16-6-4-15(5-7-16)14-20-11-8-17(9-12-20)21-13-10-19/h4-7,17H,8-14H2,1-3H3. The molecule has 1 fully saturated rings. The monoisotopic (exact) mass is 309 g/mol. The summed E-state index contributed by atoms with van der Waals surface area (Å²) in [7, 11) is 0. The van der Waals surface area contributed by atoms with Crippen molar-refractivity contribution in [2.24, 2.45) is 0 Å². The maximum absolute atomic E-state index is 5.73. The Kier molecular flexibility index (Phi) is 6.09. The fourth-order valence-electron chi connectivity index (χ4n) is 2.81. The van der Waals surface area contributed by atoms with Gasteiger partial charge in [0.05, 0.1) is 12.7 Å². The minimum Gasteiger partial charge on any atom is -0.377 e. The molecule has 2 rings (SSSR count). The van der Waals surface area contributed by atoms with Gasteiger partial charge in [0.15, 0.2) is 0 Å². The van der Waals surface area contributed by atoms with Gasteiger partial charge in [-0.1, -0.05) is 45.0 Å². The first-order valence-electron chi connectivity index (χ1n) is 7.98. The van der Waals surface area contributed by atoms with E-state index in [2.05, 4.69) is 49.9 Å². The van der Waals surface area contributed by atoms with Crippen molar-refractivity contribution in [3.05, 3.63) is 35.4 Å². The number of nitrogens with zero attached hydrogens (tertiary/aromatic N) is 1. The molecule has 0 atom stereocenters. The molecular weight excluding hydrogens is 282 g/mol. The minimum atomic E-state index is 0.233. The second-order valence-corrected chi connectivity index (χ2v) is 7.36. The van der Waals surface area contributed by atoms with Crippen LogP contribution in [0.4, 0.5) is 0 Å². The van der Waals surface area contributed by atoms with E-state index in [1.165, 1.54) is 11.1 Å². The number of hydrogen-bond acceptors (Lipinski definition) is 2. The van der Waals surface area contributed by atoms with Crippen LogP contribution in [-0.2, 0) is 16.7 Å². The van der Waals surface area contributed by atoms with Crippen molar-refractivity contribution in [3.8, 4) is 0 Å². The van der Waals surface area contributed by atoms with Gasteiger partial charge in [-0.15, -0.1) is 11.6 Å². The van der Waals surface area contributed by atoms with Gasteiger partial charge < -0.3 is 4.74 Å². The number of alkyl halides is 1. The van der Waals surface area contributed by atoms with E-state index in [1.807, 2.05) is 0 Å². The van der Waals surface area contributed by atoms with Gasteiger partial charge in [0, 0.05) is 25.5 Å². The normalized spacial score (nSPS) is 18.1. The molecule has 0 amide bonds. The Morgan fingerprint density at radius 3 is 2.29 bits per heavy atom. The molecule has 1 saturated heterocycles. The summed E-state index contributed by atoms with van der Waals surface area (Å²) in [5.41, 5.74) is 3.04. The van der Waals surface area contributed by atoms with E-state index < -0.39 is 0 Å². The Balaban J connectivity index is 1.81. The molecule has 0 aromatic heterocycles. The third-order valence-corrected chi connectivity index (χ3v) is 4.35. The number of likely N-dealkylation sites (tertiary alicyclic amines) is 1. The molecule has 0 aliphatic carbocycles. The Morgan fingerprint density at radius 1 is 1.14 bits per heavy atom. The lowest BCUT2D eigenvalue weighted by Gasteiger charge is -2.32. The molecule has 1 aromatic rings. The highest BCUT2D eigenvalue weighted by atomic mass is 35.5. The average molecular weight is 310 g/mol. The molecular formula is C18H28ClNO. The number of benzene rings is 1. The highest BCUT2D eigenvalue weighted by Crippen LogP contribution is 2.23. The lowest BCUT2D eigenvalue weighted by Crippen LogP contribution is -2.36. The van der Waals surface area contributed by atoms with Gasteiger partial charge in [-0.25, -0.2) is 0 Å². The van der Waals surface area contributed by atoms with Crippen LogP contribution in [0.2, 0.25) is 0 Å². The zero-order valence-electron chi connectivity index (χ0n) is 13.6. The lowest BCUT2D eigenvalue weighted by atomic mass is 9.86. The summed E-state index contributed by atoms with van der Waals surface area (Å²) in [6.07, 6.45) is 2.65. The zero-order chi connectivity index (χ0) is 15.3. The molecule has 0 spiro atoms. The summed E-state index contributed by atoms with van der Waals surface area (Å²) in [6.45, 7) is 10.7. The summed E-state index contributed by atoms with van der Waals surface area (Å²) >= 11 is 5.67. The third-order valence-electron chi connectivity index (χ3n) is 4.19. The second kappa shape index (κ2) is 7.62. The molecule has 21 heavy (non-hydrogen) atoms. The average Bonchev–Trinajstić information content (AvgIpc) is 2.46. The van der Waals surface area contributed by atoms with E-state index >= 15 is 0 Å². The second-order valence-electron chi connectivity index (χ2n) is 6.98. The Labute approximate surface area is 134 Å². The van der Waals surface area contributed by atoms with E-state index in [0.717, 1.165) is 32.5 Å². The minimum absolute atomic E-state index is 0.233. The largest absolute Gasteiger partial charge is 0.377 e. The van der Waals surface area contributed by atoms with Crippen LogP contribution in [0, 0.1) is 0 Å². The van der Waals surface area contributed by atoms with Gasteiger partial charge in [-0.3, -0.25) is 4.90 Å². The van der Waals surface area contributed by atoms with E-state index in [9.17, 15) is 0 Å². The molecule has 2 nitrogen and oxygen atoms in total. The van der Waals surface area contributed by atoms with E-state index in [1.54, 1.807) is 0 Å². The van der Waals surface area contributed by atoms with Crippen molar-refractivity contribution >= 4 is 11.6 Å². The quantitative estimate of drug-likeness (QED) is 0.756. The van der Waals surface area contributed by atoms with Crippen LogP contribution in [0.5, 0.6) is 0 Å². The van der Waals surface area contributed by atoms with Crippen LogP contribution < -0.4 is 0 Å². The fraction of sp³-hybridized carbons (Fsp3) is 0.667. The van der Waals surface area contributed by atoms with E-state index in [4.69, 9.17) is 16.3 Å². The highest BCUT2D eigenvalue weighted by Gasteiger charge is 2.19. The molecule has 118 valence electrons. The third kappa shape index (κ3) is 5.28. The van der Waals surface area contributed by atoms with E-state index in [0.29, 0.717) is 18.6 Å². The maximum Gasteiger partial charge on any atom is 0.0605 e. The highest BCUT2D eigenvalue weighted by molar-refractivity contribution is 6.17. The SMILES string of the molecule is CC(C)(C)c1ccc(CN2CCC(OCCCl)CC2)cc1. The molecule has 1 aromatic carbocycles. The Morgan fingerprint density at radius 2 is 1.76 bits per heavy atom. The zero-order valence-corrected chi connectivity index (χ0v) is 14.3. The summed E-state index contributed by atoms with van der Waals surface area (Å²) in [4.78, 5) is 2.52. The molecule has 1 heterocycles. The number of halogens is 1. The number of piperidine rings is 1. The van der Waals surface area contributed by atoms with Crippen LogP contribution in [0.25, 0.3) is 0 Å². The Bertz CT molecular complexity index is 416. The summed E-state index contributed by atoms with van der Waals surface area (Å²) < 4.78 is 5.73. The molecule has 0 N–H and O–H groups in total. The van der Waals surface area contributed by atoms with Crippen LogP contribution in [0.1, 0.15) is 44.7 Å². The number of hydrogen-bond donors (Lipinski definition) is 0. The molecule has 0 bridgehead atoms. The van der Waals surface area contributed by atoms with Crippen LogP contribution in [0.3, 0.4) is 0 Å². The topological polar surface area (TPSA) is 12.5 Å². The first kappa shape index (κ1) is 16.8. The van der Waals surface area contributed by atoms with Crippen LogP contribution in [-0.4, -0.2) is 36.6 Å². The van der Waals surface area contributed by atoms with Crippen molar-refractivity contribution in [2.75, 3.05) is 25.6 Å². The van der Waals surface area contributed by atoms with Gasteiger partial charge in [0.25, 0.3) is 0 Å². The molecule has 1 aliphatic rings. The first-order valence-corrected chi connectivity index (χ1v) is 8.52. The molecule has 0 radical (unpaired) electrons. The van der Waals surface area contributed by atoms with Crippen LogP contribution in [0.15, 0.2) is 24.3 Å². The Hall–Kier alpha value is -0.570. The molecule has 0 saturated carbocycles. The molecule has 3 heteroatoms. The molecule has 0 unspecified atom stereocenters. The summed E-state index contributed by atoms with van der Waals surface area (Å²) in [5.74, 6) is 0.598. The van der Waals surface area contributed by atoms with Gasteiger partial charge in [0.2, 0.25) is 0 Å². The van der Waals surface area contributed by atoms with Crippen molar-refractivity contribution in [3.63, 3.8) is 0 Å². The first-order chi connectivity index (χ1) is 9.99. The molecule has 1 aliphatic heterocycles. The van der Waals surface area contributed by atoms with Crippen LogP contribution >= 0.6 is 11.6 Å². The van der Waals surface area contributed by atoms with Gasteiger partial charge >= 0.3 is 0 Å². The fourth-order valence-corrected chi connectivity index (χ4v) is 2.90. The predicted molar refractivity (Wildman–Crippen MR) is 90.1 cm³/mol. The van der Waals surface area contributed by atoms with Gasteiger partial charge in [0.1, 0.15) is 0 Å².